The highest BCUT2D eigenvalue weighted by molar-refractivity contribution is 5.82. The third-order valence-electron chi connectivity index (χ3n) is 3.66. The highest BCUT2D eigenvalue weighted by atomic mass is 16.6. The van der Waals surface area contributed by atoms with Gasteiger partial charge in [0, 0.05) is 23.7 Å². The molecule has 2 aromatic rings. The molecule has 21 heavy (non-hydrogen) atoms. The Balaban J connectivity index is 1.99. The van der Waals surface area contributed by atoms with E-state index in [9.17, 15) is 25.4 Å². The molecule has 3 rings (SSSR count). The smallest absolute Gasteiger partial charge is 0.270 e. The van der Waals surface area contributed by atoms with E-state index in [1.54, 1.807) is 22.9 Å². The second kappa shape index (κ2) is 5.08. The maximum atomic E-state index is 10.8. The SMILES string of the molecule is O=[N+]([O-])c1ccc2c(ccn2[C@@H]2OC[C@@H](O)[C@H](O)[C@H]2O)c1. The first-order valence-corrected chi connectivity index (χ1v) is 6.40. The van der Waals surface area contributed by atoms with Gasteiger partial charge in [0.1, 0.15) is 18.3 Å². The van der Waals surface area contributed by atoms with Gasteiger partial charge in [-0.25, -0.2) is 0 Å². The Bertz CT molecular complexity index is 684. The van der Waals surface area contributed by atoms with Crippen molar-refractivity contribution < 1.29 is 25.0 Å². The summed E-state index contributed by atoms with van der Waals surface area (Å²) in [5, 5.41) is 40.6. The van der Waals surface area contributed by atoms with Crippen molar-refractivity contribution in [2.45, 2.75) is 24.5 Å². The maximum Gasteiger partial charge on any atom is 0.270 e. The molecule has 0 spiro atoms. The average molecular weight is 294 g/mol. The van der Waals surface area contributed by atoms with Crippen molar-refractivity contribution in [1.82, 2.24) is 4.57 Å². The van der Waals surface area contributed by atoms with Crippen molar-refractivity contribution in [2.24, 2.45) is 0 Å². The van der Waals surface area contributed by atoms with Crippen LogP contribution in [-0.4, -0.2) is 49.7 Å². The molecule has 8 heteroatoms. The minimum atomic E-state index is -1.31. The summed E-state index contributed by atoms with van der Waals surface area (Å²) in [5.74, 6) is 0. The lowest BCUT2D eigenvalue weighted by Gasteiger charge is -2.36. The number of non-ortho nitro benzene ring substituents is 1. The number of nitrogens with zero attached hydrogens (tertiary/aromatic N) is 2. The Labute approximate surface area is 119 Å². The van der Waals surface area contributed by atoms with E-state index in [0.29, 0.717) is 10.9 Å². The zero-order valence-corrected chi connectivity index (χ0v) is 10.9. The lowest BCUT2D eigenvalue weighted by molar-refractivity contribution is -0.384. The second-order valence-corrected chi connectivity index (χ2v) is 5.00. The first-order valence-electron chi connectivity index (χ1n) is 6.40. The van der Waals surface area contributed by atoms with E-state index in [4.69, 9.17) is 4.74 Å². The van der Waals surface area contributed by atoms with Crippen molar-refractivity contribution in [2.75, 3.05) is 6.61 Å². The van der Waals surface area contributed by atoms with Crippen LogP contribution in [0.1, 0.15) is 6.23 Å². The van der Waals surface area contributed by atoms with Gasteiger partial charge in [0.2, 0.25) is 0 Å². The molecule has 0 unspecified atom stereocenters. The van der Waals surface area contributed by atoms with Gasteiger partial charge < -0.3 is 24.6 Å². The van der Waals surface area contributed by atoms with Gasteiger partial charge in [0.25, 0.3) is 5.69 Å². The summed E-state index contributed by atoms with van der Waals surface area (Å²) in [4.78, 5) is 10.3. The first kappa shape index (κ1) is 14.0. The molecule has 1 aromatic heterocycles. The third kappa shape index (κ3) is 2.28. The van der Waals surface area contributed by atoms with Crippen molar-refractivity contribution in [1.29, 1.82) is 0 Å². The molecule has 4 atom stereocenters. The lowest BCUT2D eigenvalue weighted by Crippen LogP contribution is -2.50. The fourth-order valence-electron chi connectivity index (χ4n) is 2.52. The van der Waals surface area contributed by atoms with E-state index in [1.165, 1.54) is 12.1 Å². The van der Waals surface area contributed by atoms with Crippen LogP contribution in [0.2, 0.25) is 0 Å². The summed E-state index contributed by atoms with van der Waals surface area (Å²) >= 11 is 0. The van der Waals surface area contributed by atoms with Gasteiger partial charge in [-0.2, -0.15) is 0 Å². The van der Waals surface area contributed by atoms with Crippen molar-refractivity contribution in [3.05, 3.63) is 40.6 Å². The van der Waals surface area contributed by atoms with Gasteiger partial charge in [0.15, 0.2) is 6.23 Å². The minimum Gasteiger partial charge on any atom is -0.388 e. The summed E-state index contributed by atoms with van der Waals surface area (Å²) in [6.45, 7) is -0.102. The van der Waals surface area contributed by atoms with Crippen LogP contribution in [0.4, 0.5) is 5.69 Å². The molecule has 0 bridgehead atoms. The molecule has 1 aromatic carbocycles. The number of aliphatic hydroxyl groups excluding tert-OH is 3. The molecule has 0 saturated carbocycles. The molecule has 0 aliphatic carbocycles. The van der Waals surface area contributed by atoms with E-state index >= 15 is 0 Å². The first-order chi connectivity index (χ1) is 9.99. The van der Waals surface area contributed by atoms with E-state index in [2.05, 4.69) is 0 Å². The molecule has 0 radical (unpaired) electrons. The topological polar surface area (TPSA) is 118 Å². The average Bonchev–Trinajstić information content (AvgIpc) is 2.88. The number of hydrogen-bond donors (Lipinski definition) is 3. The molecule has 3 N–H and O–H groups in total. The van der Waals surface area contributed by atoms with Gasteiger partial charge >= 0.3 is 0 Å². The number of hydrogen-bond acceptors (Lipinski definition) is 6. The Morgan fingerprint density at radius 2 is 2.00 bits per heavy atom. The molecule has 2 heterocycles. The molecule has 1 saturated heterocycles. The van der Waals surface area contributed by atoms with Crippen molar-refractivity contribution in [3.63, 3.8) is 0 Å². The summed E-state index contributed by atoms with van der Waals surface area (Å²) in [6, 6.07) is 6.00. The van der Waals surface area contributed by atoms with Crippen molar-refractivity contribution in [3.8, 4) is 0 Å². The summed E-state index contributed by atoms with van der Waals surface area (Å²) in [7, 11) is 0. The largest absolute Gasteiger partial charge is 0.388 e. The van der Waals surface area contributed by atoms with Crippen molar-refractivity contribution >= 4 is 16.6 Å². The normalized spacial score (nSPS) is 29.7. The van der Waals surface area contributed by atoms with Crippen LogP contribution in [0.3, 0.4) is 0 Å². The Morgan fingerprint density at radius 1 is 1.24 bits per heavy atom. The number of ether oxygens (including phenoxy) is 1. The molecule has 8 nitrogen and oxygen atoms in total. The molecule has 1 aliphatic rings. The predicted octanol–water partition coefficient (Wildman–Crippen LogP) is 0.161. The number of aliphatic hydroxyl groups is 3. The van der Waals surface area contributed by atoms with Gasteiger partial charge in [-0.15, -0.1) is 0 Å². The minimum absolute atomic E-state index is 0.0270. The van der Waals surface area contributed by atoms with Gasteiger partial charge in [-0.1, -0.05) is 0 Å². The second-order valence-electron chi connectivity index (χ2n) is 5.00. The highest BCUT2D eigenvalue weighted by Gasteiger charge is 2.38. The van der Waals surface area contributed by atoms with E-state index in [0.717, 1.165) is 0 Å². The van der Waals surface area contributed by atoms with E-state index < -0.39 is 29.5 Å². The van der Waals surface area contributed by atoms with Gasteiger partial charge in [-0.05, 0) is 12.1 Å². The standard InChI is InChI=1S/C13H14N2O6/c16-10-6-21-13(12(18)11(10)17)14-4-3-7-5-8(15(19)20)1-2-9(7)14/h1-5,10-13,16-18H,6H2/t10-,11+,12-,13-/m1/s1. The summed E-state index contributed by atoms with van der Waals surface area (Å²) < 4.78 is 6.95. The quantitative estimate of drug-likeness (QED) is 0.536. The molecule has 0 amide bonds. The number of nitro benzene ring substituents is 1. The van der Waals surface area contributed by atoms with Crippen LogP contribution in [0, 0.1) is 10.1 Å². The van der Waals surface area contributed by atoms with Crippen LogP contribution in [0.15, 0.2) is 30.5 Å². The fraction of sp³-hybridized carbons (Fsp3) is 0.385. The number of nitro groups is 1. The zero-order valence-electron chi connectivity index (χ0n) is 10.9. The van der Waals surface area contributed by atoms with Gasteiger partial charge in [-0.3, -0.25) is 10.1 Å². The van der Waals surface area contributed by atoms with Crippen LogP contribution in [0.25, 0.3) is 10.9 Å². The van der Waals surface area contributed by atoms with E-state index in [1.807, 2.05) is 0 Å². The van der Waals surface area contributed by atoms with Crippen LogP contribution < -0.4 is 0 Å². The van der Waals surface area contributed by atoms with Crippen LogP contribution in [0.5, 0.6) is 0 Å². The molecular weight excluding hydrogens is 280 g/mol. The summed E-state index contributed by atoms with van der Waals surface area (Å²) in [5.41, 5.74) is 0.606. The fourth-order valence-corrected chi connectivity index (χ4v) is 2.52. The molecular formula is C13H14N2O6. The predicted molar refractivity (Wildman–Crippen MR) is 71.6 cm³/mol. The number of rotatable bonds is 2. The Hall–Kier alpha value is -2.00. The maximum absolute atomic E-state index is 10.8. The summed E-state index contributed by atoms with van der Waals surface area (Å²) in [6.07, 6.45) is -2.98. The van der Waals surface area contributed by atoms with Gasteiger partial charge in [0.05, 0.1) is 17.0 Å². The zero-order chi connectivity index (χ0) is 15.1. The van der Waals surface area contributed by atoms with Crippen LogP contribution >= 0.6 is 0 Å². The third-order valence-corrected chi connectivity index (χ3v) is 3.66. The number of aromatic nitrogens is 1. The lowest BCUT2D eigenvalue weighted by atomic mass is 10.0. The Morgan fingerprint density at radius 3 is 2.71 bits per heavy atom. The molecule has 112 valence electrons. The highest BCUT2D eigenvalue weighted by Crippen LogP contribution is 2.30. The number of fused-ring (bicyclic) bond motifs is 1. The Kier molecular flexibility index (Phi) is 3.38. The molecule has 1 aliphatic heterocycles. The molecule has 1 fully saturated rings. The monoisotopic (exact) mass is 294 g/mol. The number of benzene rings is 1. The van der Waals surface area contributed by atoms with E-state index in [-0.39, 0.29) is 12.3 Å². The van der Waals surface area contributed by atoms with Crippen LogP contribution in [-0.2, 0) is 4.74 Å².